The third-order valence-electron chi connectivity index (χ3n) is 3.88. The summed E-state index contributed by atoms with van der Waals surface area (Å²) < 4.78 is 5.11. The Labute approximate surface area is 147 Å². The number of hydrogen-bond donors (Lipinski definition) is 1. The number of nitrogens with one attached hydrogen (secondary N) is 1. The van der Waals surface area contributed by atoms with E-state index in [9.17, 15) is 9.59 Å². The molecule has 132 valence electrons. The van der Waals surface area contributed by atoms with Gasteiger partial charge in [0.05, 0.1) is 12.1 Å². The Balaban J connectivity index is 2.01. The van der Waals surface area contributed by atoms with Crippen molar-refractivity contribution in [2.45, 2.75) is 26.3 Å². The van der Waals surface area contributed by atoms with Crippen LogP contribution < -0.4 is 10.1 Å². The van der Waals surface area contributed by atoms with E-state index in [-0.39, 0.29) is 18.0 Å². The molecule has 7 heteroatoms. The van der Waals surface area contributed by atoms with Gasteiger partial charge in [0.25, 0.3) is 5.91 Å². The van der Waals surface area contributed by atoms with Crippen LogP contribution in [0.15, 0.2) is 18.2 Å². The van der Waals surface area contributed by atoms with Crippen LogP contribution in [0.25, 0.3) is 0 Å². The molecule has 2 rings (SSSR count). The van der Waals surface area contributed by atoms with Gasteiger partial charge in [0, 0.05) is 37.8 Å². The molecule has 0 bridgehead atoms. The van der Waals surface area contributed by atoms with Crippen molar-refractivity contribution in [3.63, 3.8) is 0 Å². The molecule has 6 nitrogen and oxygen atoms in total. The summed E-state index contributed by atoms with van der Waals surface area (Å²) in [5.41, 5.74) is 0.529. The smallest absolute Gasteiger partial charge is 0.317 e. The summed E-state index contributed by atoms with van der Waals surface area (Å²) in [5.74, 6) is 0.464. The lowest BCUT2D eigenvalue weighted by Gasteiger charge is -2.23. The molecule has 0 atom stereocenters. The van der Waals surface area contributed by atoms with E-state index in [0.29, 0.717) is 42.5 Å². The first kappa shape index (κ1) is 18.4. The number of halogens is 1. The summed E-state index contributed by atoms with van der Waals surface area (Å²) in [5, 5.41) is 3.30. The summed E-state index contributed by atoms with van der Waals surface area (Å²) >= 11 is 6.10. The summed E-state index contributed by atoms with van der Waals surface area (Å²) in [6.07, 6.45) is 0.751. The van der Waals surface area contributed by atoms with Crippen LogP contribution in [0, 0.1) is 0 Å². The summed E-state index contributed by atoms with van der Waals surface area (Å²) in [6, 6.07) is 5.04. The van der Waals surface area contributed by atoms with Crippen molar-refractivity contribution in [1.82, 2.24) is 15.1 Å². The van der Waals surface area contributed by atoms with E-state index in [1.165, 1.54) is 7.11 Å². The lowest BCUT2D eigenvalue weighted by molar-refractivity contribution is 0.0762. The zero-order valence-electron chi connectivity index (χ0n) is 14.3. The molecule has 0 spiro atoms. The molecule has 1 saturated heterocycles. The van der Waals surface area contributed by atoms with Crippen LogP contribution in [0.5, 0.6) is 5.75 Å². The van der Waals surface area contributed by atoms with E-state index in [1.807, 2.05) is 13.8 Å². The number of rotatable bonds is 3. The van der Waals surface area contributed by atoms with Gasteiger partial charge in [-0.15, -0.1) is 0 Å². The summed E-state index contributed by atoms with van der Waals surface area (Å²) in [4.78, 5) is 28.3. The minimum absolute atomic E-state index is 0.0770. The van der Waals surface area contributed by atoms with E-state index in [0.717, 1.165) is 6.42 Å². The number of carbonyl (C=O) groups excluding carboxylic acids is 2. The van der Waals surface area contributed by atoms with Crippen LogP contribution in [0.1, 0.15) is 30.6 Å². The Morgan fingerprint density at radius 1 is 1.17 bits per heavy atom. The first-order valence-electron chi connectivity index (χ1n) is 8.10. The molecule has 0 unspecified atom stereocenters. The number of benzene rings is 1. The molecule has 1 aromatic carbocycles. The highest BCUT2D eigenvalue weighted by Gasteiger charge is 2.23. The molecule has 24 heavy (non-hydrogen) atoms. The molecule has 0 aromatic heterocycles. The molecule has 0 radical (unpaired) electrons. The van der Waals surface area contributed by atoms with Crippen molar-refractivity contribution in [3.05, 3.63) is 28.8 Å². The predicted molar refractivity (Wildman–Crippen MR) is 93.8 cm³/mol. The molecule has 0 saturated carbocycles. The molecule has 1 aliphatic rings. The molecular weight excluding hydrogens is 330 g/mol. The second kappa shape index (κ2) is 8.24. The highest BCUT2D eigenvalue weighted by molar-refractivity contribution is 6.32. The first-order chi connectivity index (χ1) is 11.4. The van der Waals surface area contributed by atoms with Gasteiger partial charge < -0.3 is 19.9 Å². The van der Waals surface area contributed by atoms with Crippen molar-refractivity contribution in [3.8, 4) is 5.75 Å². The normalized spacial score (nSPS) is 15.2. The van der Waals surface area contributed by atoms with Crippen molar-refractivity contribution < 1.29 is 14.3 Å². The van der Waals surface area contributed by atoms with Crippen LogP contribution in [0.2, 0.25) is 5.02 Å². The Morgan fingerprint density at radius 3 is 2.46 bits per heavy atom. The van der Waals surface area contributed by atoms with E-state index in [1.54, 1.807) is 28.0 Å². The molecule has 1 N–H and O–H groups in total. The maximum Gasteiger partial charge on any atom is 0.317 e. The zero-order chi connectivity index (χ0) is 17.7. The maximum absolute atomic E-state index is 12.7. The van der Waals surface area contributed by atoms with Gasteiger partial charge in [-0.2, -0.15) is 0 Å². The molecule has 1 heterocycles. The van der Waals surface area contributed by atoms with Gasteiger partial charge in [-0.1, -0.05) is 11.6 Å². The van der Waals surface area contributed by atoms with Crippen LogP contribution in [0.4, 0.5) is 4.79 Å². The van der Waals surface area contributed by atoms with Gasteiger partial charge in [-0.05, 0) is 38.5 Å². The molecule has 1 aromatic rings. The van der Waals surface area contributed by atoms with Gasteiger partial charge >= 0.3 is 6.03 Å². The topological polar surface area (TPSA) is 61.9 Å². The number of hydrogen-bond acceptors (Lipinski definition) is 3. The van der Waals surface area contributed by atoms with Gasteiger partial charge in [-0.3, -0.25) is 4.79 Å². The minimum Gasteiger partial charge on any atom is -0.495 e. The highest BCUT2D eigenvalue weighted by Crippen LogP contribution is 2.25. The summed E-state index contributed by atoms with van der Waals surface area (Å²) in [7, 11) is 1.54. The van der Waals surface area contributed by atoms with Gasteiger partial charge in [0.1, 0.15) is 5.75 Å². The second-order valence-corrected chi connectivity index (χ2v) is 6.49. The SMILES string of the molecule is COc1ccc(C(=O)N2CCCN(C(=O)NC(C)C)CC2)cc1Cl. The Morgan fingerprint density at radius 2 is 1.83 bits per heavy atom. The number of methoxy groups -OCH3 is 1. The zero-order valence-corrected chi connectivity index (χ0v) is 15.1. The number of urea groups is 1. The lowest BCUT2D eigenvalue weighted by atomic mass is 10.2. The lowest BCUT2D eigenvalue weighted by Crippen LogP contribution is -2.44. The standard InChI is InChI=1S/C17H24ClN3O3/c1-12(2)19-17(23)21-8-4-7-20(9-10-21)16(22)13-5-6-15(24-3)14(18)11-13/h5-6,11-12H,4,7-10H2,1-3H3,(H,19,23). The van der Waals surface area contributed by atoms with Gasteiger partial charge in [-0.25, -0.2) is 4.79 Å². The molecule has 3 amide bonds. The fourth-order valence-corrected chi connectivity index (χ4v) is 2.90. The maximum atomic E-state index is 12.7. The van der Waals surface area contributed by atoms with Crippen LogP contribution >= 0.6 is 11.6 Å². The monoisotopic (exact) mass is 353 g/mol. The fourth-order valence-electron chi connectivity index (χ4n) is 2.64. The van der Waals surface area contributed by atoms with Crippen LogP contribution in [-0.2, 0) is 0 Å². The Hall–Kier alpha value is -1.95. The molecular formula is C17H24ClN3O3. The van der Waals surface area contributed by atoms with Gasteiger partial charge in [0.2, 0.25) is 0 Å². The largest absolute Gasteiger partial charge is 0.495 e. The van der Waals surface area contributed by atoms with Crippen molar-refractivity contribution >= 4 is 23.5 Å². The fraction of sp³-hybridized carbons (Fsp3) is 0.529. The van der Waals surface area contributed by atoms with Gasteiger partial charge in [0.15, 0.2) is 0 Å². The third-order valence-corrected chi connectivity index (χ3v) is 4.18. The Kier molecular flexibility index (Phi) is 6.31. The van der Waals surface area contributed by atoms with E-state index in [4.69, 9.17) is 16.3 Å². The minimum atomic E-state index is -0.0781. The van der Waals surface area contributed by atoms with E-state index in [2.05, 4.69) is 5.32 Å². The van der Waals surface area contributed by atoms with Crippen LogP contribution in [0.3, 0.4) is 0 Å². The number of amides is 3. The molecule has 1 fully saturated rings. The average molecular weight is 354 g/mol. The van der Waals surface area contributed by atoms with Crippen molar-refractivity contribution in [2.24, 2.45) is 0 Å². The number of nitrogens with zero attached hydrogens (tertiary/aromatic N) is 2. The van der Waals surface area contributed by atoms with E-state index < -0.39 is 0 Å². The quantitative estimate of drug-likeness (QED) is 0.908. The number of carbonyl (C=O) groups is 2. The third kappa shape index (κ3) is 4.54. The second-order valence-electron chi connectivity index (χ2n) is 6.09. The first-order valence-corrected chi connectivity index (χ1v) is 8.48. The highest BCUT2D eigenvalue weighted by atomic mass is 35.5. The molecule has 0 aliphatic carbocycles. The van der Waals surface area contributed by atoms with Crippen molar-refractivity contribution in [1.29, 1.82) is 0 Å². The average Bonchev–Trinajstić information content (AvgIpc) is 2.79. The van der Waals surface area contributed by atoms with E-state index >= 15 is 0 Å². The van der Waals surface area contributed by atoms with Crippen LogP contribution in [-0.4, -0.2) is 61.1 Å². The molecule has 1 aliphatic heterocycles. The number of ether oxygens (including phenoxy) is 1. The predicted octanol–water partition coefficient (Wildman–Crippen LogP) is 2.61. The van der Waals surface area contributed by atoms with Crippen molar-refractivity contribution in [2.75, 3.05) is 33.3 Å². The summed E-state index contributed by atoms with van der Waals surface area (Å²) in [6.45, 7) is 6.15. The Bertz CT molecular complexity index is 607.